The highest BCUT2D eigenvalue weighted by Crippen LogP contribution is 2.35. The van der Waals surface area contributed by atoms with Crippen LogP contribution in [0.3, 0.4) is 0 Å². The molecule has 1 spiro atoms. The monoisotopic (exact) mass is 413 g/mol. The zero-order chi connectivity index (χ0) is 21.9. The molecule has 3 rings (SSSR count). The lowest BCUT2D eigenvalue weighted by atomic mass is 9.93. The minimum absolute atomic E-state index is 0.102. The molecule has 6 heteroatoms. The van der Waals surface area contributed by atoms with E-state index in [0.717, 1.165) is 24.8 Å². The highest BCUT2D eigenvalue weighted by Gasteiger charge is 2.52. The van der Waals surface area contributed by atoms with Crippen molar-refractivity contribution < 1.29 is 14.4 Å². The van der Waals surface area contributed by atoms with Gasteiger partial charge in [0.15, 0.2) is 0 Å². The molecule has 1 atom stereocenters. The molecule has 1 aromatic carbocycles. The quantitative estimate of drug-likeness (QED) is 0.633. The van der Waals surface area contributed by atoms with Gasteiger partial charge in [-0.3, -0.25) is 14.5 Å². The normalized spacial score (nSPS) is 19.1. The number of amides is 4. The maximum atomic E-state index is 12.7. The Balaban J connectivity index is 1.58. The van der Waals surface area contributed by atoms with Crippen LogP contribution in [0.5, 0.6) is 0 Å². The Morgan fingerprint density at radius 1 is 1.10 bits per heavy atom. The van der Waals surface area contributed by atoms with Crippen LogP contribution in [0.1, 0.15) is 77.0 Å². The van der Waals surface area contributed by atoms with E-state index in [-0.39, 0.29) is 42.8 Å². The van der Waals surface area contributed by atoms with Crippen LogP contribution in [0.15, 0.2) is 24.3 Å². The van der Waals surface area contributed by atoms with Crippen molar-refractivity contribution in [2.24, 2.45) is 11.8 Å². The average Bonchev–Trinajstić information content (AvgIpc) is 3.24. The van der Waals surface area contributed by atoms with E-state index in [0.29, 0.717) is 18.8 Å². The summed E-state index contributed by atoms with van der Waals surface area (Å²) in [4.78, 5) is 38.9. The van der Waals surface area contributed by atoms with E-state index < -0.39 is 5.54 Å². The highest BCUT2D eigenvalue weighted by molar-refractivity contribution is 6.07. The molecule has 1 aromatic rings. The Hall–Kier alpha value is -2.37. The molecule has 6 nitrogen and oxygen atoms in total. The molecule has 0 bridgehead atoms. The number of carbonyl (C=O) groups excluding carboxylic acids is 3. The van der Waals surface area contributed by atoms with Gasteiger partial charge in [-0.1, -0.05) is 64.8 Å². The highest BCUT2D eigenvalue weighted by atomic mass is 16.2. The first kappa shape index (κ1) is 22.3. The number of imide groups is 1. The minimum atomic E-state index is -0.717. The molecule has 1 aliphatic heterocycles. The molecule has 1 heterocycles. The van der Waals surface area contributed by atoms with Crippen molar-refractivity contribution in [3.8, 4) is 0 Å². The number of nitrogens with zero attached hydrogens (tertiary/aromatic N) is 1. The summed E-state index contributed by atoms with van der Waals surface area (Å²) in [5, 5.41) is 5.96. The van der Waals surface area contributed by atoms with Crippen LogP contribution in [-0.2, 0) is 16.0 Å². The van der Waals surface area contributed by atoms with E-state index in [2.05, 4.69) is 62.6 Å². The van der Waals surface area contributed by atoms with Crippen LogP contribution in [0, 0.1) is 11.8 Å². The predicted molar refractivity (Wildman–Crippen MR) is 117 cm³/mol. The number of urea groups is 1. The van der Waals surface area contributed by atoms with Crippen molar-refractivity contribution >= 4 is 17.8 Å². The molecule has 2 aliphatic rings. The fourth-order valence-electron chi connectivity index (χ4n) is 4.62. The molecule has 30 heavy (non-hydrogen) atoms. The summed E-state index contributed by atoms with van der Waals surface area (Å²) < 4.78 is 0. The van der Waals surface area contributed by atoms with E-state index in [1.807, 2.05) is 0 Å². The van der Waals surface area contributed by atoms with Crippen molar-refractivity contribution in [2.75, 3.05) is 6.54 Å². The number of hydrogen-bond donors (Lipinski definition) is 2. The Morgan fingerprint density at radius 2 is 1.73 bits per heavy atom. The minimum Gasteiger partial charge on any atom is -0.349 e. The summed E-state index contributed by atoms with van der Waals surface area (Å²) in [5.41, 5.74) is 1.65. The largest absolute Gasteiger partial charge is 0.349 e. The SMILES string of the molecule is CC(C)Cc1ccc(C(NC(=O)CCN2C(=O)NC3(CCCC3)C2=O)C(C)C)cc1. The van der Waals surface area contributed by atoms with Crippen molar-refractivity contribution in [1.29, 1.82) is 0 Å². The van der Waals surface area contributed by atoms with Crippen LogP contribution >= 0.6 is 0 Å². The van der Waals surface area contributed by atoms with Gasteiger partial charge in [-0.25, -0.2) is 4.79 Å². The molecular weight excluding hydrogens is 378 g/mol. The van der Waals surface area contributed by atoms with Crippen LogP contribution in [0.25, 0.3) is 0 Å². The second-order valence-corrected chi connectivity index (χ2v) is 9.55. The molecule has 2 fully saturated rings. The summed E-state index contributed by atoms with van der Waals surface area (Å²) >= 11 is 0. The van der Waals surface area contributed by atoms with Crippen LogP contribution in [0.4, 0.5) is 4.79 Å². The van der Waals surface area contributed by atoms with Gasteiger partial charge in [0.25, 0.3) is 5.91 Å². The molecule has 1 saturated carbocycles. The first-order chi connectivity index (χ1) is 14.2. The van der Waals surface area contributed by atoms with Gasteiger partial charge in [0, 0.05) is 13.0 Å². The first-order valence-corrected chi connectivity index (χ1v) is 11.2. The van der Waals surface area contributed by atoms with E-state index in [9.17, 15) is 14.4 Å². The Kier molecular flexibility index (Phi) is 6.84. The molecule has 1 aliphatic carbocycles. The summed E-state index contributed by atoms with van der Waals surface area (Å²) in [5.74, 6) is 0.514. The predicted octanol–water partition coefficient (Wildman–Crippen LogP) is 3.95. The van der Waals surface area contributed by atoms with Crippen LogP contribution < -0.4 is 10.6 Å². The number of hydrogen-bond acceptors (Lipinski definition) is 3. The van der Waals surface area contributed by atoms with Crippen molar-refractivity contribution in [1.82, 2.24) is 15.5 Å². The molecule has 1 unspecified atom stereocenters. The fourth-order valence-corrected chi connectivity index (χ4v) is 4.62. The number of nitrogens with one attached hydrogen (secondary N) is 2. The van der Waals surface area contributed by atoms with E-state index >= 15 is 0 Å². The van der Waals surface area contributed by atoms with Gasteiger partial charge in [-0.2, -0.15) is 0 Å². The molecule has 1 saturated heterocycles. The van der Waals surface area contributed by atoms with Crippen LogP contribution in [-0.4, -0.2) is 34.8 Å². The number of benzene rings is 1. The molecule has 0 aromatic heterocycles. The summed E-state index contributed by atoms with van der Waals surface area (Å²) in [6.07, 6.45) is 4.44. The van der Waals surface area contributed by atoms with Crippen LogP contribution in [0.2, 0.25) is 0 Å². The average molecular weight is 414 g/mol. The van der Waals surface area contributed by atoms with E-state index in [4.69, 9.17) is 0 Å². The fraction of sp³-hybridized carbons (Fsp3) is 0.625. The molecule has 4 amide bonds. The van der Waals surface area contributed by atoms with Gasteiger partial charge in [-0.05, 0) is 42.2 Å². The smallest absolute Gasteiger partial charge is 0.325 e. The molecular formula is C24H35N3O3. The van der Waals surface area contributed by atoms with Gasteiger partial charge < -0.3 is 10.6 Å². The molecule has 164 valence electrons. The zero-order valence-corrected chi connectivity index (χ0v) is 18.7. The zero-order valence-electron chi connectivity index (χ0n) is 18.7. The standard InChI is InChI=1S/C24H35N3O3/c1-16(2)15-18-7-9-19(10-8-18)21(17(3)4)25-20(28)11-14-27-22(29)24(26-23(27)30)12-5-6-13-24/h7-10,16-17,21H,5-6,11-15H2,1-4H3,(H,25,28)(H,26,30). The van der Waals surface area contributed by atoms with E-state index in [1.54, 1.807) is 0 Å². The topological polar surface area (TPSA) is 78.5 Å². The second kappa shape index (κ2) is 9.19. The van der Waals surface area contributed by atoms with Crippen molar-refractivity contribution in [3.05, 3.63) is 35.4 Å². The third-order valence-corrected chi connectivity index (χ3v) is 6.23. The van der Waals surface area contributed by atoms with Gasteiger partial charge >= 0.3 is 6.03 Å². The summed E-state index contributed by atoms with van der Waals surface area (Å²) in [7, 11) is 0. The van der Waals surface area contributed by atoms with Gasteiger partial charge in [0.2, 0.25) is 5.91 Å². The van der Waals surface area contributed by atoms with E-state index in [1.165, 1.54) is 10.5 Å². The lowest BCUT2D eigenvalue weighted by Crippen LogP contribution is -2.44. The Labute approximate surface area is 179 Å². The maximum absolute atomic E-state index is 12.7. The van der Waals surface area contributed by atoms with Crippen molar-refractivity contribution in [3.63, 3.8) is 0 Å². The summed E-state index contributed by atoms with van der Waals surface area (Å²) in [6.45, 7) is 8.68. The number of rotatable bonds is 8. The third-order valence-electron chi connectivity index (χ3n) is 6.23. The second-order valence-electron chi connectivity index (χ2n) is 9.55. The Bertz CT molecular complexity index is 779. The van der Waals surface area contributed by atoms with Crippen molar-refractivity contribution in [2.45, 2.75) is 77.8 Å². The lowest BCUT2D eigenvalue weighted by molar-refractivity contribution is -0.131. The molecule has 2 N–H and O–H groups in total. The van der Waals surface area contributed by atoms with Gasteiger partial charge in [0.1, 0.15) is 5.54 Å². The van der Waals surface area contributed by atoms with Gasteiger partial charge in [-0.15, -0.1) is 0 Å². The molecule has 0 radical (unpaired) electrons. The first-order valence-electron chi connectivity index (χ1n) is 11.2. The van der Waals surface area contributed by atoms with Gasteiger partial charge in [0.05, 0.1) is 6.04 Å². The summed E-state index contributed by atoms with van der Waals surface area (Å²) in [6, 6.07) is 7.97. The maximum Gasteiger partial charge on any atom is 0.325 e. The third kappa shape index (κ3) is 4.85. The lowest BCUT2D eigenvalue weighted by Gasteiger charge is -2.24. The Morgan fingerprint density at radius 3 is 2.30 bits per heavy atom. The number of carbonyl (C=O) groups is 3.